The number of hydrogen-bond donors (Lipinski definition) is 3. The third-order valence-electron chi connectivity index (χ3n) is 6.66. The van der Waals surface area contributed by atoms with E-state index in [1.54, 1.807) is 0 Å². The summed E-state index contributed by atoms with van der Waals surface area (Å²) in [5.41, 5.74) is 6.24. The number of nitrogens with one attached hydrogen (secondary N) is 3. The highest BCUT2D eigenvalue weighted by atomic mass is 16.2. The molecule has 0 aromatic rings. The maximum absolute atomic E-state index is 12.8. The van der Waals surface area contributed by atoms with Gasteiger partial charge in [0.2, 0.25) is 11.8 Å². The van der Waals surface area contributed by atoms with Crippen LogP contribution in [0.1, 0.15) is 70.6 Å². The van der Waals surface area contributed by atoms with Crippen LogP contribution >= 0.6 is 0 Å². The van der Waals surface area contributed by atoms with Crippen molar-refractivity contribution in [1.82, 2.24) is 26.2 Å². The molecule has 7 nitrogen and oxygen atoms in total. The Hall–Kier alpha value is -1.18. The van der Waals surface area contributed by atoms with Crippen LogP contribution in [-0.4, -0.2) is 59.5 Å². The minimum Gasteiger partial charge on any atom is -0.352 e. The molecule has 0 bridgehead atoms. The largest absolute Gasteiger partial charge is 0.352 e. The van der Waals surface area contributed by atoms with Gasteiger partial charge in [0.1, 0.15) is 6.04 Å². The summed E-state index contributed by atoms with van der Waals surface area (Å²) < 4.78 is 0. The van der Waals surface area contributed by atoms with E-state index in [-0.39, 0.29) is 11.9 Å². The van der Waals surface area contributed by atoms with Crippen LogP contribution in [0.3, 0.4) is 0 Å². The van der Waals surface area contributed by atoms with E-state index in [0.717, 1.165) is 51.6 Å². The van der Waals surface area contributed by atoms with Gasteiger partial charge in [-0.25, -0.2) is 10.4 Å². The normalized spacial score (nSPS) is 30.0. The van der Waals surface area contributed by atoms with E-state index in [0.29, 0.717) is 30.5 Å². The number of hydrogen-bond acceptors (Lipinski definition) is 5. The Balaban J connectivity index is 1.22. The lowest BCUT2D eigenvalue weighted by molar-refractivity contribution is -0.136. The molecule has 27 heavy (non-hydrogen) atoms. The molecule has 2 amide bonds. The fourth-order valence-electron chi connectivity index (χ4n) is 4.82. The Morgan fingerprint density at radius 1 is 1.00 bits per heavy atom. The van der Waals surface area contributed by atoms with E-state index in [1.165, 1.54) is 32.1 Å². The zero-order chi connectivity index (χ0) is 18.6. The topological polar surface area (TPSA) is 76.7 Å². The Morgan fingerprint density at radius 2 is 1.78 bits per heavy atom. The predicted molar refractivity (Wildman–Crippen MR) is 103 cm³/mol. The van der Waals surface area contributed by atoms with Crippen molar-refractivity contribution >= 4 is 11.8 Å². The van der Waals surface area contributed by atoms with Crippen molar-refractivity contribution in [2.24, 2.45) is 5.92 Å². The molecule has 4 aliphatic rings. The lowest BCUT2D eigenvalue weighted by Crippen LogP contribution is -2.46. The van der Waals surface area contributed by atoms with Gasteiger partial charge in [-0.15, -0.1) is 0 Å². The van der Waals surface area contributed by atoms with Gasteiger partial charge in [-0.3, -0.25) is 9.59 Å². The molecule has 4 fully saturated rings. The van der Waals surface area contributed by atoms with Gasteiger partial charge < -0.3 is 10.2 Å². The average Bonchev–Trinajstić information content (AvgIpc) is 3.14. The highest BCUT2D eigenvalue weighted by Gasteiger charge is 2.33. The molecule has 7 heteroatoms. The van der Waals surface area contributed by atoms with E-state index >= 15 is 0 Å². The predicted octanol–water partition coefficient (Wildman–Crippen LogP) is 1.31. The summed E-state index contributed by atoms with van der Waals surface area (Å²) in [5.74, 6) is 1.09. The fraction of sp³-hybridized carbons (Fsp3) is 0.900. The Labute approximate surface area is 162 Å². The van der Waals surface area contributed by atoms with Crippen molar-refractivity contribution in [3.8, 4) is 0 Å². The highest BCUT2D eigenvalue weighted by molar-refractivity contribution is 5.82. The molecule has 3 N–H and O–H groups in total. The molecular weight excluding hydrogens is 342 g/mol. The molecule has 0 aromatic heterocycles. The third kappa shape index (κ3) is 5.21. The Morgan fingerprint density at radius 3 is 2.56 bits per heavy atom. The molecule has 2 aliphatic heterocycles. The second-order valence-corrected chi connectivity index (χ2v) is 8.92. The van der Waals surface area contributed by atoms with Gasteiger partial charge in [-0.1, -0.05) is 12.8 Å². The summed E-state index contributed by atoms with van der Waals surface area (Å²) >= 11 is 0. The number of piperidine rings is 1. The fourth-order valence-corrected chi connectivity index (χ4v) is 4.82. The molecule has 2 saturated heterocycles. The smallest absolute Gasteiger partial charge is 0.240 e. The van der Waals surface area contributed by atoms with Crippen LogP contribution in [0.25, 0.3) is 0 Å². The number of likely N-dealkylation sites (tertiary alicyclic amines) is 1. The van der Waals surface area contributed by atoms with Crippen LogP contribution in [0.5, 0.6) is 0 Å². The van der Waals surface area contributed by atoms with Crippen LogP contribution in [0.15, 0.2) is 0 Å². The SMILES string of the molecule is O=C(NC1CC1)C1CN(CCC2CCCCN2C(=O)CC2CCCC2)NN1. The van der Waals surface area contributed by atoms with Crippen LogP contribution in [-0.2, 0) is 9.59 Å². The zero-order valence-electron chi connectivity index (χ0n) is 16.4. The molecule has 0 aromatic carbocycles. The number of carbonyl (C=O) groups is 2. The average molecular weight is 378 g/mol. The van der Waals surface area contributed by atoms with Gasteiger partial charge in [0.05, 0.1) is 0 Å². The van der Waals surface area contributed by atoms with Crippen LogP contribution in [0.2, 0.25) is 0 Å². The quantitative estimate of drug-likeness (QED) is 0.624. The van der Waals surface area contributed by atoms with Gasteiger partial charge in [-0.05, 0) is 57.3 Å². The number of amides is 2. The summed E-state index contributed by atoms with van der Waals surface area (Å²) in [4.78, 5) is 27.2. The highest BCUT2D eigenvalue weighted by Crippen LogP contribution is 2.30. The van der Waals surface area contributed by atoms with Crippen molar-refractivity contribution in [2.45, 2.75) is 88.8 Å². The Kier molecular flexibility index (Phi) is 6.30. The van der Waals surface area contributed by atoms with Gasteiger partial charge >= 0.3 is 0 Å². The standard InChI is InChI=1S/C20H35N5O2/c26-19(13-15-5-1-2-6-15)25-11-4-3-7-17(25)10-12-24-14-18(22-23-24)20(27)21-16-8-9-16/h15-18,22-23H,1-14H2,(H,21,27). The van der Waals surface area contributed by atoms with Gasteiger partial charge in [-0.2, -0.15) is 5.53 Å². The van der Waals surface area contributed by atoms with Gasteiger partial charge in [0, 0.05) is 38.1 Å². The molecule has 0 spiro atoms. The van der Waals surface area contributed by atoms with E-state index in [1.807, 2.05) is 0 Å². The summed E-state index contributed by atoms with van der Waals surface area (Å²) in [5, 5.41) is 5.15. The summed E-state index contributed by atoms with van der Waals surface area (Å²) in [6.45, 7) is 2.47. The second kappa shape index (κ2) is 8.88. The van der Waals surface area contributed by atoms with Gasteiger partial charge in [0.25, 0.3) is 0 Å². The number of nitrogens with zero attached hydrogens (tertiary/aromatic N) is 2. The van der Waals surface area contributed by atoms with Crippen molar-refractivity contribution in [2.75, 3.05) is 19.6 Å². The van der Waals surface area contributed by atoms with Crippen molar-refractivity contribution in [3.05, 3.63) is 0 Å². The van der Waals surface area contributed by atoms with E-state index in [9.17, 15) is 9.59 Å². The maximum atomic E-state index is 12.8. The zero-order valence-corrected chi connectivity index (χ0v) is 16.4. The van der Waals surface area contributed by atoms with Crippen molar-refractivity contribution in [1.29, 1.82) is 0 Å². The molecule has 2 unspecified atom stereocenters. The molecular formula is C20H35N5O2. The first-order valence-electron chi connectivity index (χ1n) is 11.0. The molecule has 4 rings (SSSR count). The maximum Gasteiger partial charge on any atom is 0.240 e. The van der Waals surface area contributed by atoms with Crippen LogP contribution in [0.4, 0.5) is 0 Å². The van der Waals surface area contributed by atoms with E-state index < -0.39 is 0 Å². The van der Waals surface area contributed by atoms with Crippen LogP contribution < -0.4 is 16.3 Å². The number of hydrazine groups is 2. The van der Waals surface area contributed by atoms with Crippen molar-refractivity contribution < 1.29 is 9.59 Å². The third-order valence-corrected chi connectivity index (χ3v) is 6.66. The minimum absolute atomic E-state index is 0.0959. The molecule has 152 valence electrons. The first kappa shape index (κ1) is 19.2. The molecule has 0 radical (unpaired) electrons. The summed E-state index contributed by atoms with van der Waals surface area (Å²) in [6.07, 6.45) is 12.5. The lowest BCUT2D eigenvalue weighted by Gasteiger charge is -2.37. The molecule has 2 heterocycles. The molecule has 2 atom stereocenters. The van der Waals surface area contributed by atoms with E-state index in [4.69, 9.17) is 0 Å². The number of carbonyl (C=O) groups excluding carboxylic acids is 2. The first-order chi connectivity index (χ1) is 13.2. The molecule has 2 aliphatic carbocycles. The first-order valence-corrected chi connectivity index (χ1v) is 11.0. The van der Waals surface area contributed by atoms with Crippen molar-refractivity contribution in [3.63, 3.8) is 0 Å². The summed E-state index contributed by atoms with van der Waals surface area (Å²) in [7, 11) is 0. The lowest BCUT2D eigenvalue weighted by atomic mass is 9.96. The minimum atomic E-state index is -0.183. The monoisotopic (exact) mass is 377 g/mol. The molecule has 2 saturated carbocycles. The second-order valence-electron chi connectivity index (χ2n) is 8.92. The van der Waals surface area contributed by atoms with E-state index in [2.05, 4.69) is 26.2 Å². The Bertz CT molecular complexity index is 532. The van der Waals surface area contributed by atoms with Gasteiger partial charge in [0.15, 0.2) is 0 Å². The van der Waals surface area contributed by atoms with Crippen LogP contribution in [0, 0.1) is 5.92 Å². The summed E-state index contributed by atoms with van der Waals surface area (Å²) in [6, 6.07) is 0.570. The number of rotatable bonds is 7.